The van der Waals surface area contributed by atoms with E-state index < -0.39 is 0 Å². The molecular weight excluding hydrogens is 402 g/mol. The monoisotopic (exact) mass is 425 g/mol. The number of halogens is 1. The molecule has 29 heavy (non-hydrogen) atoms. The summed E-state index contributed by atoms with van der Waals surface area (Å²) in [6.45, 7) is 5.09. The summed E-state index contributed by atoms with van der Waals surface area (Å²) in [5, 5.41) is 1.78. The van der Waals surface area contributed by atoms with Crippen LogP contribution in [0.1, 0.15) is 39.9 Å². The Morgan fingerprint density at radius 1 is 1.03 bits per heavy atom. The van der Waals surface area contributed by atoms with Gasteiger partial charge in [0.1, 0.15) is 0 Å². The summed E-state index contributed by atoms with van der Waals surface area (Å²) in [6, 6.07) is 10.3. The maximum atomic E-state index is 13.0. The SMILES string of the molecule is Cc1c(Cl)ccc2sc(N3CCN(C(=O)c4ccc5c(c4)CCCC5)CC3)nc12. The number of aromatic nitrogens is 1. The van der Waals surface area contributed by atoms with E-state index in [1.54, 1.807) is 11.3 Å². The molecule has 1 aliphatic heterocycles. The predicted molar refractivity (Wildman–Crippen MR) is 121 cm³/mol. The number of aryl methyl sites for hydroxylation is 3. The summed E-state index contributed by atoms with van der Waals surface area (Å²) >= 11 is 7.95. The molecule has 3 aromatic rings. The largest absolute Gasteiger partial charge is 0.345 e. The molecule has 2 heterocycles. The minimum Gasteiger partial charge on any atom is -0.345 e. The van der Waals surface area contributed by atoms with Crippen LogP contribution in [0.15, 0.2) is 30.3 Å². The molecule has 1 saturated heterocycles. The molecule has 0 spiro atoms. The molecule has 1 fully saturated rings. The van der Waals surface area contributed by atoms with E-state index in [1.807, 2.05) is 30.0 Å². The highest BCUT2D eigenvalue weighted by atomic mass is 35.5. The Morgan fingerprint density at radius 2 is 1.79 bits per heavy atom. The lowest BCUT2D eigenvalue weighted by atomic mass is 9.90. The number of carbonyl (C=O) groups is 1. The Morgan fingerprint density at radius 3 is 2.59 bits per heavy atom. The zero-order valence-corrected chi connectivity index (χ0v) is 18.2. The summed E-state index contributed by atoms with van der Waals surface area (Å²) in [5.74, 6) is 0.157. The van der Waals surface area contributed by atoms with Gasteiger partial charge in [-0.05, 0) is 73.6 Å². The number of rotatable bonds is 2. The van der Waals surface area contributed by atoms with Crippen LogP contribution in [-0.2, 0) is 12.8 Å². The van der Waals surface area contributed by atoms with E-state index in [2.05, 4.69) is 17.0 Å². The Bertz CT molecular complexity index is 1090. The highest BCUT2D eigenvalue weighted by Crippen LogP contribution is 2.34. The van der Waals surface area contributed by atoms with Crippen molar-refractivity contribution in [3.63, 3.8) is 0 Å². The second-order valence-electron chi connectivity index (χ2n) is 7.99. The third kappa shape index (κ3) is 3.51. The van der Waals surface area contributed by atoms with Gasteiger partial charge >= 0.3 is 0 Å². The second kappa shape index (κ2) is 7.62. The lowest BCUT2D eigenvalue weighted by Crippen LogP contribution is -2.48. The normalized spacial score (nSPS) is 16.9. The van der Waals surface area contributed by atoms with Gasteiger partial charge in [-0.2, -0.15) is 0 Å². The van der Waals surface area contributed by atoms with E-state index in [-0.39, 0.29) is 5.91 Å². The molecule has 1 amide bonds. The lowest BCUT2D eigenvalue weighted by molar-refractivity contribution is 0.0746. The van der Waals surface area contributed by atoms with Crippen molar-refractivity contribution in [2.75, 3.05) is 31.1 Å². The van der Waals surface area contributed by atoms with Gasteiger partial charge in [0.25, 0.3) is 5.91 Å². The summed E-state index contributed by atoms with van der Waals surface area (Å²) in [4.78, 5) is 22.1. The Labute approximate surface area is 180 Å². The van der Waals surface area contributed by atoms with Gasteiger partial charge in [-0.15, -0.1) is 0 Å². The van der Waals surface area contributed by atoms with Crippen LogP contribution >= 0.6 is 22.9 Å². The van der Waals surface area contributed by atoms with Crippen LogP contribution in [0.4, 0.5) is 5.13 Å². The number of anilines is 1. The van der Waals surface area contributed by atoms with Crippen molar-refractivity contribution in [2.45, 2.75) is 32.6 Å². The first-order chi connectivity index (χ1) is 14.1. The number of carbonyl (C=O) groups excluding carboxylic acids is 1. The summed E-state index contributed by atoms with van der Waals surface area (Å²) in [6.07, 6.45) is 4.75. The molecule has 0 atom stereocenters. The van der Waals surface area contributed by atoms with E-state index in [4.69, 9.17) is 16.6 Å². The number of hydrogen-bond donors (Lipinski definition) is 0. The summed E-state index contributed by atoms with van der Waals surface area (Å²) in [7, 11) is 0. The number of amides is 1. The Balaban J connectivity index is 1.29. The first kappa shape index (κ1) is 18.9. The van der Waals surface area contributed by atoms with Gasteiger partial charge in [-0.25, -0.2) is 4.98 Å². The standard InChI is InChI=1S/C23H24ClN3OS/c1-15-19(24)8-9-20-21(15)25-23(29-20)27-12-10-26(11-13-27)22(28)18-7-6-16-4-2-3-5-17(16)14-18/h6-9,14H,2-5,10-13H2,1H3. The Hall–Kier alpha value is -2.11. The number of nitrogens with zero attached hydrogens (tertiary/aromatic N) is 3. The molecule has 0 bridgehead atoms. The van der Waals surface area contributed by atoms with E-state index >= 15 is 0 Å². The van der Waals surface area contributed by atoms with Gasteiger partial charge in [0.05, 0.1) is 10.2 Å². The molecule has 2 aromatic carbocycles. The van der Waals surface area contributed by atoms with Crippen molar-refractivity contribution in [1.29, 1.82) is 0 Å². The number of benzene rings is 2. The van der Waals surface area contributed by atoms with Crippen molar-refractivity contribution in [3.05, 3.63) is 57.6 Å². The maximum Gasteiger partial charge on any atom is 0.253 e. The van der Waals surface area contributed by atoms with Crippen molar-refractivity contribution >= 4 is 44.2 Å². The minimum atomic E-state index is 0.157. The van der Waals surface area contributed by atoms with Gasteiger partial charge in [-0.3, -0.25) is 4.79 Å². The van der Waals surface area contributed by atoms with Crippen molar-refractivity contribution < 1.29 is 4.79 Å². The quantitative estimate of drug-likeness (QED) is 0.573. The molecule has 150 valence electrons. The van der Waals surface area contributed by atoms with Crippen molar-refractivity contribution in [1.82, 2.24) is 9.88 Å². The molecule has 4 nitrogen and oxygen atoms in total. The molecule has 1 aliphatic carbocycles. The van der Waals surface area contributed by atoms with Gasteiger partial charge in [0.2, 0.25) is 0 Å². The van der Waals surface area contributed by atoms with Crippen LogP contribution in [-0.4, -0.2) is 42.0 Å². The highest BCUT2D eigenvalue weighted by Gasteiger charge is 2.25. The van der Waals surface area contributed by atoms with E-state index in [9.17, 15) is 4.79 Å². The Kier molecular flexibility index (Phi) is 4.96. The van der Waals surface area contributed by atoms with Gasteiger partial charge < -0.3 is 9.80 Å². The van der Waals surface area contributed by atoms with Crippen LogP contribution < -0.4 is 4.90 Å². The number of hydrogen-bond acceptors (Lipinski definition) is 4. The fraction of sp³-hybridized carbons (Fsp3) is 0.391. The average Bonchev–Trinajstić information content (AvgIpc) is 3.21. The van der Waals surface area contributed by atoms with Crippen LogP contribution in [0.5, 0.6) is 0 Å². The fourth-order valence-corrected chi connectivity index (χ4v) is 5.60. The van der Waals surface area contributed by atoms with Crippen molar-refractivity contribution in [3.8, 4) is 0 Å². The minimum absolute atomic E-state index is 0.157. The molecule has 5 rings (SSSR count). The summed E-state index contributed by atoms with van der Waals surface area (Å²) in [5.41, 5.74) is 5.65. The molecule has 2 aliphatic rings. The molecule has 0 N–H and O–H groups in total. The van der Waals surface area contributed by atoms with Crippen LogP contribution in [0.25, 0.3) is 10.2 Å². The molecule has 0 radical (unpaired) electrons. The molecular formula is C23H24ClN3OS. The fourth-order valence-electron chi connectivity index (χ4n) is 4.37. The molecule has 6 heteroatoms. The zero-order valence-electron chi connectivity index (χ0n) is 16.6. The number of thiazole rings is 1. The number of fused-ring (bicyclic) bond motifs is 2. The van der Waals surface area contributed by atoms with E-state index in [0.29, 0.717) is 0 Å². The van der Waals surface area contributed by atoms with E-state index in [0.717, 1.165) is 70.5 Å². The zero-order chi connectivity index (χ0) is 20.0. The third-order valence-corrected chi connectivity index (χ3v) is 7.66. The predicted octanol–water partition coefficient (Wildman–Crippen LogP) is 5.10. The van der Waals surface area contributed by atoms with Gasteiger partial charge in [0.15, 0.2) is 5.13 Å². The van der Waals surface area contributed by atoms with E-state index in [1.165, 1.54) is 24.0 Å². The van der Waals surface area contributed by atoms with Crippen molar-refractivity contribution in [2.24, 2.45) is 0 Å². The average molecular weight is 426 g/mol. The number of piperazine rings is 1. The van der Waals surface area contributed by atoms with Gasteiger partial charge in [0, 0.05) is 36.8 Å². The van der Waals surface area contributed by atoms with Gasteiger partial charge in [-0.1, -0.05) is 29.0 Å². The van der Waals surface area contributed by atoms with Crippen LogP contribution in [0, 0.1) is 6.92 Å². The first-order valence-corrected chi connectivity index (χ1v) is 11.5. The first-order valence-electron chi connectivity index (χ1n) is 10.3. The second-order valence-corrected chi connectivity index (χ2v) is 9.40. The topological polar surface area (TPSA) is 36.4 Å². The molecule has 1 aromatic heterocycles. The molecule has 0 unspecified atom stereocenters. The van der Waals surface area contributed by atoms with Crippen LogP contribution in [0.2, 0.25) is 5.02 Å². The lowest BCUT2D eigenvalue weighted by Gasteiger charge is -2.34. The smallest absolute Gasteiger partial charge is 0.253 e. The maximum absolute atomic E-state index is 13.0. The highest BCUT2D eigenvalue weighted by molar-refractivity contribution is 7.22. The third-order valence-electron chi connectivity index (χ3n) is 6.17. The summed E-state index contributed by atoms with van der Waals surface area (Å²) < 4.78 is 1.16. The molecule has 0 saturated carbocycles. The van der Waals surface area contributed by atoms with Crippen LogP contribution in [0.3, 0.4) is 0 Å².